The quantitative estimate of drug-likeness (QED) is 0.530. The Morgan fingerprint density at radius 2 is 1.97 bits per heavy atom. The van der Waals surface area contributed by atoms with Gasteiger partial charge in [0.1, 0.15) is 12.4 Å². The Morgan fingerprint density at radius 3 is 2.80 bits per heavy atom. The second-order valence-corrected chi connectivity index (χ2v) is 8.37. The summed E-state index contributed by atoms with van der Waals surface area (Å²) in [4.78, 5) is 27.4. The molecule has 1 aliphatic rings. The molecule has 2 aromatic carbocycles. The Hall–Kier alpha value is -2.86. The van der Waals surface area contributed by atoms with Crippen LogP contribution in [-0.2, 0) is 16.1 Å². The number of amides is 1. The number of likely N-dealkylation sites (tertiary alicyclic amines) is 1. The maximum absolute atomic E-state index is 12.9. The van der Waals surface area contributed by atoms with Crippen LogP contribution in [0.3, 0.4) is 0 Å². The van der Waals surface area contributed by atoms with Gasteiger partial charge in [0.25, 0.3) is 5.91 Å². The summed E-state index contributed by atoms with van der Waals surface area (Å²) < 4.78 is 11.1. The molecule has 5 nitrogen and oxygen atoms in total. The highest BCUT2D eigenvalue weighted by Gasteiger charge is 2.30. The molecule has 156 valence electrons. The predicted molar refractivity (Wildman–Crippen MR) is 118 cm³/mol. The first-order valence-electron chi connectivity index (χ1n) is 10.3. The number of ether oxygens (including phenoxy) is 2. The molecule has 0 saturated carbocycles. The summed E-state index contributed by atoms with van der Waals surface area (Å²) in [5.41, 5.74) is 0.968. The number of hydrogen-bond donors (Lipinski definition) is 0. The van der Waals surface area contributed by atoms with E-state index in [1.54, 1.807) is 11.8 Å². The SMILES string of the molecule is CCOC(=O)C1CCCN(C(=O)c2cc(COc3ccc4ccccc4c3)cs2)C1. The number of carbonyl (C=O) groups is 2. The summed E-state index contributed by atoms with van der Waals surface area (Å²) in [6, 6.07) is 16.1. The average Bonchev–Trinajstić information content (AvgIpc) is 3.26. The van der Waals surface area contributed by atoms with Gasteiger partial charge in [-0.05, 0) is 54.1 Å². The number of carbonyl (C=O) groups excluding carboxylic acids is 2. The van der Waals surface area contributed by atoms with Gasteiger partial charge in [0.05, 0.1) is 17.4 Å². The number of fused-ring (bicyclic) bond motifs is 1. The second-order valence-electron chi connectivity index (χ2n) is 7.46. The summed E-state index contributed by atoms with van der Waals surface area (Å²) in [6.45, 7) is 3.69. The monoisotopic (exact) mass is 423 g/mol. The number of rotatable bonds is 6. The Kier molecular flexibility index (Phi) is 6.33. The van der Waals surface area contributed by atoms with E-state index < -0.39 is 0 Å². The Morgan fingerprint density at radius 1 is 1.13 bits per heavy atom. The van der Waals surface area contributed by atoms with E-state index in [0.29, 0.717) is 31.2 Å². The van der Waals surface area contributed by atoms with Crippen LogP contribution in [-0.4, -0.2) is 36.5 Å². The number of thiophene rings is 1. The molecule has 0 aliphatic carbocycles. The van der Waals surface area contributed by atoms with Crippen LogP contribution >= 0.6 is 11.3 Å². The first-order valence-corrected chi connectivity index (χ1v) is 11.2. The van der Waals surface area contributed by atoms with Crippen LogP contribution in [0, 0.1) is 5.92 Å². The standard InChI is InChI=1S/C24H25NO4S/c1-2-28-24(27)20-8-5-11-25(14-20)23(26)22-12-17(16-30-22)15-29-21-10-9-18-6-3-4-7-19(18)13-21/h3-4,6-7,9-10,12-13,16,20H,2,5,8,11,14-15H2,1H3. The van der Waals surface area contributed by atoms with Gasteiger partial charge in [-0.15, -0.1) is 11.3 Å². The molecule has 0 bridgehead atoms. The van der Waals surface area contributed by atoms with Gasteiger partial charge in [-0.3, -0.25) is 9.59 Å². The van der Waals surface area contributed by atoms with Crippen molar-refractivity contribution in [2.45, 2.75) is 26.4 Å². The van der Waals surface area contributed by atoms with E-state index in [1.807, 2.05) is 41.8 Å². The van der Waals surface area contributed by atoms with Gasteiger partial charge in [-0.2, -0.15) is 0 Å². The van der Waals surface area contributed by atoms with Crippen LogP contribution in [0.5, 0.6) is 5.75 Å². The Bertz CT molecular complexity index is 1040. The molecular weight excluding hydrogens is 398 g/mol. The molecule has 1 saturated heterocycles. The maximum Gasteiger partial charge on any atom is 0.310 e. The third-order valence-corrected chi connectivity index (χ3v) is 6.29. The molecule has 1 unspecified atom stereocenters. The van der Waals surface area contributed by atoms with E-state index in [9.17, 15) is 9.59 Å². The zero-order chi connectivity index (χ0) is 20.9. The Labute approximate surface area is 180 Å². The molecule has 30 heavy (non-hydrogen) atoms. The van der Waals surface area contributed by atoms with E-state index in [1.165, 1.54) is 16.7 Å². The van der Waals surface area contributed by atoms with Crippen molar-refractivity contribution < 1.29 is 19.1 Å². The van der Waals surface area contributed by atoms with Crippen LogP contribution in [0.15, 0.2) is 53.9 Å². The summed E-state index contributed by atoms with van der Waals surface area (Å²) >= 11 is 1.42. The molecule has 1 aliphatic heterocycles. The highest BCUT2D eigenvalue weighted by molar-refractivity contribution is 7.12. The molecule has 1 atom stereocenters. The van der Waals surface area contributed by atoms with Gasteiger partial charge in [-0.1, -0.05) is 30.3 Å². The van der Waals surface area contributed by atoms with E-state index in [0.717, 1.165) is 29.5 Å². The molecule has 1 amide bonds. The smallest absolute Gasteiger partial charge is 0.310 e. The maximum atomic E-state index is 12.9. The van der Waals surface area contributed by atoms with Crippen LogP contribution in [0.1, 0.15) is 35.0 Å². The highest BCUT2D eigenvalue weighted by atomic mass is 32.1. The van der Waals surface area contributed by atoms with Gasteiger partial charge < -0.3 is 14.4 Å². The van der Waals surface area contributed by atoms with Crippen molar-refractivity contribution in [2.75, 3.05) is 19.7 Å². The summed E-state index contributed by atoms with van der Waals surface area (Å²) in [5, 5.41) is 4.27. The molecule has 1 aromatic heterocycles. The zero-order valence-corrected chi connectivity index (χ0v) is 17.8. The van der Waals surface area contributed by atoms with Gasteiger partial charge in [0.15, 0.2) is 0 Å². The molecule has 0 N–H and O–H groups in total. The van der Waals surface area contributed by atoms with Crippen molar-refractivity contribution in [2.24, 2.45) is 5.92 Å². The number of esters is 1. The summed E-state index contributed by atoms with van der Waals surface area (Å²) in [5.74, 6) is 0.357. The van der Waals surface area contributed by atoms with Crippen LogP contribution < -0.4 is 4.74 Å². The first kappa shape index (κ1) is 20.4. The van der Waals surface area contributed by atoms with Gasteiger partial charge in [-0.25, -0.2) is 0 Å². The summed E-state index contributed by atoms with van der Waals surface area (Å²) in [6.07, 6.45) is 1.59. The minimum atomic E-state index is -0.224. The second kappa shape index (κ2) is 9.30. The molecule has 0 radical (unpaired) electrons. The van der Waals surface area contributed by atoms with Crippen molar-refractivity contribution in [1.82, 2.24) is 4.90 Å². The average molecular weight is 424 g/mol. The third-order valence-electron chi connectivity index (χ3n) is 5.32. The fraction of sp³-hybridized carbons (Fsp3) is 0.333. The van der Waals surface area contributed by atoms with Crippen molar-refractivity contribution >= 4 is 34.0 Å². The van der Waals surface area contributed by atoms with Gasteiger partial charge >= 0.3 is 5.97 Å². The van der Waals surface area contributed by atoms with Crippen LogP contribution in [0.25, 0.3) is 10.8 Å². The lowest BCUT2D eigenvalue weighted by Crippen LogP contribution is -2.42. The van der Waals surface area contributed by atoms with Crippen molar-refractivity contribution in [3.8, 4) is 5.75 Å². The number of piperidine rings is 1. The van der Waals surface area contributed by atoms with Gasteiger partial charge in [0.2, 0.25) is 0 Å². The Balaban J connectivity index is 1.37. The molecule has 3 aromatic rings. The van der Waals surface area contributed by atoms with Crippen LogP contribution in [0.2, 0.25) is 0 Å². The van der Waals surface area contributed by atoms with E-state index in [4.69, 9.17) is 9.47 Å². The molecule has 4 rings (SSSR count). The fourth-order valence-corrected chi connectivity index (χ4v) is 4.62. The molecule has 1 fully saturated rings. The predicted octanol–water partition coefficient (Wildman–Crippen LogP) is 4.90. The largest absolute Gasteiger partial charge is 0.489 e. The lowest BCUT2D eigenvalue weighted by Gasteiger charge is -2.31. The van der Waals surface area contributed by atoms with Crippen LogP contribution in [0.4, 0.5) is 0 Å². The minimum absolute atomic E-state index is 0.0223. The van der Waals surface area contributed by atoms with E-state index in [2.05, 4.69) is 12.1 Å². The lowest BCUT2D eigenvalue weighted by atomic mass is 9.98. The number of benzene rings is 2. The van der Waals surface area contributed by atoms with Crippen molar-refractivity contribution in [3.05, 3.63) is 64.4 Å². The first-order chi connectivity index (χ1) is 14.6. The minimum Gasteiger partial charge on any atom is -0.489 e. The van der Waals surface area contributed by atoms with E-state index in [-0.39, 0.29) is 17.8 Å². The molecular formula is C24H25NO4S. The topological polar surface area (TPSA) is 55.8 Å². The number of hydrogen-bond acceptors (Lipinski definition) is 5. The molecule has 0 spiro atoms. The summed E-state index contributed by atoms with van der Waals surface area (Å²) in [7, 11) is 0. The lowest BCUT2D eigenvalue weighted by molar-refractivity contribution is -0.149. The zero-order valence-electron chi connectivity index (χ0n) is 17.0. The van der Waals surface area contributed by atoms with Crippen molar-refractivity contribution in [3.63, 3.8) is 0 Å². The molecule has 2 heterocycles. The van der Waals surface area contributed by atoms with E-state index >= 15 is 0 Å². The number of nitrogens with zero attached hydrogens (tertiary/aromatic N) is 1. The normalized spacial score (nSPS) is 16.4. The molecule has 6 heteroatoms. The highest BCUT2D eigenvalue weighted by Crippen LogP contribution is 2.25. The van der Waals surface area contributed by atoms with Crippen molar-refractivity contribution in [1.29, 1.82) is 0 Å². The third kappa shape index (κ3) is 4.65. The van der Waals surface area contributed by atoms with Gasteiger partial charge in [0, 0.05) is 18.7 Å². The fourth-order valence-electron chi connectivity index (χ4n) is 3.76.